The first-order valence-corrected chi connectivity index (χ1v) is 8.07. The van der Waals surface area contributed by atoms with E-state index in [9.17, 15) is 13.2 Å². The predicted octanol–water partition coefficient (Wildman–Crippen LogP) is 0.00690. The van der Waals surface area contributed by atoms with Gasteiger partial charge in [0.2, 0.25) is 5.91 Å². The molecule has 2 unspecified atom stereocenters. The fraction of sp³-hybridized carbons (Fsp3) is 0.909. The minimum absolute atomic E-state index is 0.0671. The molecular weight excluding hydrogens is 240 g/mol. The van der Waals surface area contributed by atoms with Crippen molar-refractivity contribution in [3.8, 4) is 0 Å². The molecule has 0 aromatic heterocycles. The van der Waals surface area contributed by atoms with Crippen LogP contribution in [-0.4, -0.2) is 50.4 Å². The minimum Gasteiger partial charge on any atom is -0.340 e. The van der Waals surface area contributed by atoms with Crippen LogP contribution in [0.3, 0.4) is 0 Å². The lowest BCUT2D eigenvalue weighted by atomic mass is 9.93. The maximum Gasteiger partial charge on any atom is 0.223 e. The molecule has 1 rings (SSSR count). The number of hydrogen-bond donors (Lipinski definition) is 1. The topological polar surface area (TPSA) is 80.5 Å². The zero-order valence-electron chi connectivity index (χ0n) is 10.6. The van der Waals surface area contributed by atoms with Crippen molar-refractivity contribution < 1.29 is 13.2 Å². The molecule has 1 aliphatic heterocycles. The second kappa shape index (κ2) is 5.82. The summed E-state index contributed by atoms with van der Waals surface area (Å²) in [6.07, 6.45) is 3.24. The molecule has 1 amide bonds. The van der Waals surface area contributed by atoms with E-state index in [4.69, 9.17) is 5.73 Å². The molecule has 0 aliphatic carbocycles. The van der Waals surface area contributed by atoms with Gasteiger partial charge in [0.05, 0.1) is 5.75 Å². The zero-order chi connectivity index (χ0) is 13.1. The van der Waals surface area contributed by atoms with Gasteiger partial charge in [-0.3, -0.25) is 4.79 Å². The van der Waals surface area contributed by atoms with Crippen LogP contribution in [0.4, 0.5) is 0 Å². The highest BCUT2D eigenvalue weighted by Crippen LogP contribution is 2.21. The van der Waals surface area contributed by atoms with E-state index >= 15 is 0 Å². The molecule has 0 bridgehead atoms. The third-order valence-corrected chi connectivity index (χ3v) is 4.27. The van der Waals surface area contributed by atoms with Crippen LogP contribution in [0.2, 0.25) is 0 Å². The molecule has 1 aliphatic rings. The Morgan fingerprint density at radius 2 is 2.06 bits per heavy atom. The highest BCUT2D eigenvalue weighted by Gasteiger charge is 2.28. The second-order valence-electron chi connectivity index (χ2n) is 4.95. The van der Waals surface area contributed by atoms with E-state index in [0.29, 0.717) is 19.0 Å². The molecule has 2 N–H and O–H groups in total. The van der Waals surface area contributed by atoms with Gasteiger partial charge in [-0.2, -0.15) is 0 Å². The van der Waals surface area contributed by atoms with Gasteiger partial charge in [-0.15, -0.1) is 0 Å². The molecule has 1 heterocycles. The first-order valence-electron chi connectivity index (χ1n) is 6.00. The van der Waals surface area contributed by atoms with Crippen molar-refractivity contribution >= 4 is 15.7 Å². The lowest BCUT2D eigenvalue weighted by molar-refractivity contribution is -0.135. The summed E-state index contributed by atoms with van der Waals surface area (Å²) in [4.78, 5) is 13.7. The van der Waals surface area contributed by atoms with E-state index in [1.54, 1.807) is 4.90 Å². The number of hydrogen-bond acceptors (Lipinski definition) is 4. The third kappa shape index (κ3) is 4.63. The maximum absolute atomic E-state index is 11.9. The summed E-state index contributed by atoms with van der Waals surface area (Å²) in [5, 5.41) is 0. The monoisotopic (exact) mass is 262 g/mol. The Kier molecular flexibility index (Phi) is 4.94. The van der Waals surface area contributed by atoms with Gasteiger partial charge < -0.3 is 10.6 Å². The third-order valence-electron chi connectivity index (χ3n) is 3.32. The fourth-order valence-corrected chi connectivity index (χ4v) is 2.68. The predicted molar refractivity (Wildman–Crippen MR) is 67.3 cm³/mol. The average molecular weight is 262 g/mol. The Bertz CT molecular complexity index is 367. The van der Waals surface area contributed by atoms with Crippen LogP contribution >= 0.6 is 0 Å². The van der Waals surface area contributed by atoms with E-state index < -0.39 is 9.84 Å². The van der Waals surface area contributed by atoms with Crippen molar-refractivity contribution in [3.63, 3.8) is 0 Å². The van der Waals surface area contributed by atoms with Crippen molar-refractivity contribution in [1.29, 1.82) is 0 Å². The maximum atomic E-state index is 11.9. The number of likely N-dealkylation sites (tertiary alicyclic amines) is 1. The summed E-state index contributed by atoms with van der Waals surface area (Å²) in [6, 6.07) is 0.199. The van der Waals surface area contributed by atoms with Gasteiger partial charge in [-0.1, -0.05) is 0 Å². The highest BCUT2D eigenvalue weighted by molar-refractivity contribution is 7.90. The van der Waals surface area contributed by atoms with E-state index in [-0.39, 0.29) is 24.1 Å². The number of carbonyl (C=O) groups excluding carboxylic acids is 1. The number of carbonyl (C=O) groups is 1. The summed E-state index contributed by atoms with van der Waals surface area (Å²) in [7, 11) is -3.07. The zero-order valence-corrected chi connectivity index (χ0v) is 11.4. The molecular formula is C11H22N2O3S. The molecule has 6 heteroatoms. The smallest absolute Gasteiger partial charge is 0.223 e. The van der Waals surface area contributed by atoms with E-state index in [0.717, 1.165) is 19.1 Å². The van der Waals surface area contributed by atoms with Crippen molar-refractivity contribution in [2.45, 2.75) is 32.2 Å². The quantitative estimate of drug-likeness (QED) is 0.773. The SMILES string of the molecule is CC1CCC(CN)CN1C(=O)CCS(C)(=O)=O. The lowest BCUT2D eigenvalue weighted by Gasteiger charge is -2.37. The van der Waals surface area contributed by atoms with Gasteiger partial charge in [0.15, 0.2) is 0 Å². The fourth-order valence-electron chi connectivity index (χ4n) is 2.14. The van der Waals surface area contributed by atoms with Crippen LogP contribution in [0, 0.1) is 5.92 Å². The molecule has 2 atom stereocenters. The lowest BCUT2D eigenvalue weighted by Crippen LogP contribution is -2.47. The van der Waals surface area contributed by atoms with Gasteiger partial charge in [0, 0.05) is 25.3 Å². The molecule has 0 radical (unpaired) electrons. The Morgan fingerprint density at radius 1 is 1.41 bits per heavy atom. The summed E-state index contributed by atoms with van der Waals surface area (Å²) < 4.78 is 22.1. The summed E-state index contributed by atoms with van der Waals surface area (Å²) in [5.74, 6) is 0.219. The molecule has 0 aromatic carbocycles. The van der Waals surface area contributed by atoms with Crippen molar-refractivity contribution in [1.82, 2.24) is 4.90 Å². The van der Waals surface area contributed by atoms with Crippen LogP contribution in [-0.2, 0) is 14.6 Å². The van der Waals surface area contributed by atoms with Gasteiger partial charge in [0.25, 0.3) is 0 Å². The molecule has 0 spiro atoms. The van der Waals surface area contributed by atoms with Crippen molar-refractivity contribution in [3.05, 3.63) is 0 Å². The van der Waals surface area contributed by atoms with E-state index in [2.05, 4.69) is 0 Å². The minimum atomic E-state index is -3.07. The normalized spacial score (nSPS) is 25.9. The molecule has 0 aromatic rings. The Balaban J connectivity index is 2.54. The van der Waals surface area contributed by atoms with Crippen LogP contribution in [0.5, 0.6) is 0 Å². The van der Waals surface area contributed by atoms with Crippen LogP contribution in [0.25, 0.3) is 0 Å². The molecule has 100 valence electrons. The standard InChI is InChI=1S/C11H22N2O3S/c1-9-3-4-10(7-12)8-13(9)11(14)5-6-17(2,15)16/h9-10H,3-8,12H2,1-2H3. The number of amides is 1. The van der Waals surface area contributed by atoms with Gasteiger partial charge in [0.1, 0.15) is 9.84 Å². The number of rotatable bonds is 4. The molecule has 0 saturated carbocycles. The van der Waals surface area contributed by atoms with Crippen LogP contribution in [0.1, 0.15) is 26.2 Å². The van der Waals surface area contributed by atoms with Gasteiger partial charge >= 0.3 is 0 Å². The Labute approximate surface area is 103 Å². The Morgan fingerprint density at radius 3 is 2.59 bits per heavy atom. The van der Waals surface area contributed by atoms with Gasteiger partial charge in [-0.25, -0.2) is 8.42 Å². The average Bonchev–Trinajstić information content (AvgIpc) is 2.25. The first kappa shape index (κ1) is 14.4. The second-order valence-corrected chi connectivity index (χ2v) is 7.21. The summed E-state index contributed by atoms with van der Waals surface area (Å²) >= 11 is 0. The molecule has 17 heavy (non-hydrogen) atoms. The van der Waals surface area contributed by atoms with E-state index in [1.165, 1.54) is 0 Å². The van der Waals surface area contributed by atoms with E-state index in [1.807, 2.05) is 6.92 Å². The van der Waals surface area contributed by atoms with Crippen LogP contribution < -0.4 is 5.73 Å². The molecule has 5 nitrogen and oxygen atoms in total. The first-order chi connectivity index (χ1) is 7.83. The highest BCUT2D eigenvalue weighted by atomic mass is 32.2. The van der Waals surface area contributed by atoms with Crippen LogP contribution in [0.15, 0.2) is 0 Å². The molecule has 1 saturated heterocycles. The number of nitrogens with zero attached hydrogens (tertiary/aromatic N) is 1. The number of nitrogens with two attached hydrogens (primary N) is 1. The molecule has 1 fully saturated rings. The Hall–Kier alpha value is -0.620. The van der Waals surface area contributed by atoms with Crippen molar-refractivity contribution in [2.24, 2.45) is 11.7 Å². The largest absolute Gasteiger partial charge is 0.340 e. The summed E-state index contributed by atoms with van der Waals surface area (Å²) in [6.45, 7) is 3.26. The van der Waals surface area contributed by atoms with Gasteiger partial charge in [-0.05, 0) is 32.2 Å². The van der Waals surface area contributed by atoms with Crippen molar-refractivity contribution in [2.75, 3.05) is 25.1 Å². The number of sulfone groups is 1. The summed E-state index contributed by atoms with van der Waals surface area (Å²) in [5.41, 5.74) is 5.62. The number of piperidine rings is 1.